The van der Waals surface area contributed by atoms with Crippen LogP contribution < -0.4 is 10.6 Å². The lowest BCUT2D eigenvalue weighted by atomic mass is 10.0. The molecule has 4 aromatic rings. The first kappa shape index (κ1) is 30.1. The van der Waals surface area contributed by atoms with E-state index in [2.05, 4.69) is 30.9 Å². The number of aryl methyl sites for hydroxylation is 2. The third-order valence-corrected chi connectivity index (χ3v) is 6.96. The van der Waals surface area contributed by atoms with E-state index in [-0.39, 0.29) is 39.4 Å². The van der Waals surface area contributed by atoms with Gasteiger partial charge in [0.15, 0.2) is 11.5 Å². The first-order chi connectivity index (χ1) is 20.2. The van der Waals surface area contributed by atoms with Crippen molar-refractivity contribution in [1.29, 1.82) is 0 Å². The predicted octanol–water partition coefficient (Wildman–Crippen LogP) is 5.22. The number of rotatable bonds is 9. The summed E-state index contributed by atoms with van der Waals surface area (Å²) in [6, 6.07) is 7.76. The lowest BCUT2D eigenvalue weighted by Gasteiger charge is -2.16. The highest BCUT2D eigenvalue weighted by molar-refractivity contribution is 6.32. The van der Waals surface area contributed by atoms with Crippen LogP contribution in [0.15, 0.2) is 42.7 Å². The summed E-state index contributed by atoms with van der Waals surface area (Å²) in [5.74, 6) is -5.81. The molecule has 1 saturated carbocycles. The van der Waals surface area contributed by atoms with Crippen LogP contribution in [0.2, 0.25) is 5.02 Å². The summed E-state index contributed by atoms with van der Waals surface area (Å²) in [6.07, 6.45) is -2.07. The first-order valence-corrected chi connectivity index (χ1v) is 13.4. The molecule has 10 nitrogen and oxygen atoms in total. The Morgan fingerprint density at radius 1 is 1.07 bits per heavy atom. The highest BCUT2D eigenvalue weighted by atomic mass is 35.5. The van der Waals surface area contributed by atoms with Crippen LogP contribution in [0.1, 0.15) is 56.2 Å². The Kier molecular flexibility index (Phi) is 7.94. The zero-order chi connectivity index (χ0) is 31.1. The molecule has 2 amide bonds. The van der Waals surface area contributed by atoms with Crippen LogP contribution in [0.3, 0.4) is 0 Å². The molecule has 16 heteroatoms. The van der Waals surface area contributed by atoms with E-state index in [4.69, 9.17) is 11.6 Å². The summed E-state index contributed by atoms with van der Waals surface area (Å²) < 4.78 is 66.9. The summed E-state index contributed by atoms with van der Waals surface area (Å²) in [6.45, 7) is 3.60. The molecular formula is C27H24ClF5N8O2. The number of amides is 2. The fourth-order valence-electron chi connectivity index (χ4n) is 4.32. The Morgan fingerprint density at radius 2 is 1.81 bits per heavy atom. The number of alkyl halides is 5. The van der Waals surface area contributed by atoms with Crippen molar-refractivity contribution in [2.24, 2.45) is 5.92 Å². The standard InChI is InChI=1S/C27H24ClF5N8O2/c1-14-8-15(2)22(18(9-14)24(42)35-11-16-5-6-16)37-25(43)20-10-17(38-41(20)23-19(28)4-3-7-34-23)13-40-36-12-21(39-40)26(29,30)27(31,32)33/h3-4,7-10,12,16H,5-6,11,13H2,1-2H3,(H,35,42)(H,37,43). The lowest BCUT2D eigenvalue weighted by molar-refractivity contribution is -0.291. The smallest absolute Gasteiger partial charge is 0.352 e. The molecule has 0 radical (unpaired) electrons. The van der Waals surface area contributed by atoms with Gasteiger partial charge in [0.05, 0.1) is 28.2 Å². The fourth-order valence-corrected chi connectivity index (χ4v) is 4.52. The van der Waals surface area contributed by atoms with E-state index in [1.807, 2.05) is 6.92 Å². The van der Waals surface area contributed by atoms with E-state index >= 15 is 0 Å². The maximum atomic E-state index is 13.7. The molecule has 1 fully saturated rings. The molecule has 3 heterocycles. The van der Waals surface area contributed by atoms with Gasteiger partial charge >= 0.3 is 12.1 Å². The van der Waals surface area contributed by atoms with Crippen molar-refractivity contribution in [3.05, 3.63) is 81.5 Å². The second-order valence-corrected chi connectivity index (χ2v) is 10.6. The van der Waals surface area contributed by atoms with Gasteiger partial charge in [0.1, 0.15) is 12.2 Å². The third kappa shape index (κ3) is 6.35. The number of nitrogens with one attached hydrogen (secondary N) is 2. The van der Waals surface area contributed by atoms with E-state index in [1.165, 1.54) is 18.3 Å². The second kappa shape index (κ2) is 11.4. The molecule has 3 aromatic heterocycles. The van der Waals surface area contributed by atoms with Gasteiger partial charge < -0.3 is 10.6 Å². The number of nitrogens with zero attached hydrogens (tertiary/aromatic N) is 6. The molecule has 1 aromatic carbocycles. The van der Waals surface area contributed by atoms with Crippen LogP contribution in [-0.2, 0) is 12.5 Å². The molecule has 226 valence electrons. The average Bonchev–Trinajstić information content (AvgIpc) is 3.48. The van der Waals surface area contributed by atoms with Gasteiger partial charge in [-0.3, -0.25) is 9.59 Å². The lowest BCUT2D eigenvalue weighted by Crippen LogP contribution is -2.34. The van der Waals surface area contributed by atoms with Crippen LogP contribution in [0.25, 0.3) is 5.82 Å². The summed E-state index contributed by atoms with van der Waals surface area (Å²) in [5, 5.41) is 16.8. The van der Waals surface area contributed by atoms with Gasteiger partial charge in [0, 0.05) is 12.7 Å². The second-order valence-electron chi connectivity index (χ2n) is 10.2. The van der Waals surface area contributed by atoms with Crippen molar-refractivity contribution >= 4 is 29.1 Å². The van der Waals surface area contributed by atoms with Gasteiger partial charge in [-0.2, -0.15) is 42.0 Å². The molecule has 5 rings (SSSR count). The number of hydrogen-bond donors (Lipinski definition) is 2. The van der Waals surface area contributed by atoms with Gasteiger partial charge in [0.2, 0.25) is 0 Å². The molecule has 1 aliphatic rings. The van der Waals surface area contributed by atoms with Crippen LogP contribution in [0, 0.1) is 19.8 Å². The van der Waals surface area contributed by atoms with Crippen molar-refractivity contribution in [2.45, 2.75) is 45.3 Å². The van der Waals surface area contributed by atoms with Crippen LogP contribution >= 0.6 is 11.6 Å². The largest absolute Gasteiger partial charge is 0.459 e. The Morgan fingerprint density at radius 3 is 2.49 bits per heavy atom. The van der Waals surface area contributed by atoms with Crippen molar-refractivity contribution in [3.8, 4) is 5.82 Å². The van der Waals surface area contributed by atoms with Crippen LogP contribution in [0.5, 0.6) is 0 Å². The number of carbonyl (C=O) groups is 2. The minimum Gasteiger partial charge on any atom is -0.352 e. The highest BCUT2D eigenvalue weighted by Crippen LogP contribution is 2.42. The van der Waals surface area contributed by atoms with E-state index in [9.17, 15) is 31.5 Å². The summed E-state index contributed by atoms with van der Waals surface area (Å²) in [5.41, 5.74) is 0.256. The van der Waals surface area contributed by atoms with Crippen molar-refractivity contribution in [2.75, 3.05) is 11.9 Å². The Labute approximate surface area is 246 Å². The summed E-state index contributed by atoms with van der Waals surface area (Å²) in [4.78, 5) is 31.5. The van der Waals surface area contributed by atoms with E-state index < -0.39 is 30.2 Å². The quantitative estimate of drug-likeness (QED) is 0.247. The molecule has 1 aliphatic carbocycles. The Bertz CT molecular complexity index is 1700. The van der Waals surface area contributed by atoms with Gasteiger partial charge in [-0.25, -0.2) is 9.67 Å². The van der Waals surface area contributed by atoms with Crippen LogP contribution in [0.4, 0.5) is 27.6 Å². The number of aromatic nitrogens is 6. The topological polar surface area (TPSA) is 120 Å². The Hall–Kier alpha value is -4.40. The molecule has 0 atom stereocenters. The molecular weight excluding hydrogens is 599 g/mol. The zero-order valence-electron chi connectivity index (χ0n) is 22.7. The minimum atomic E-state index is -5.86. The van der Waals surface area contributed by atoms with Crippen LogP contribution in [-0.4, -0.2) is 54.3 Å². The highest BCUT2D eigenvalue weighted by Gasteiger charge is 2.60. The summed E-state index contributed by atoms with van der Waals surface area (Å²) in [7, 11) is 0. The van der Waals surface area contributed by atoms with Gasteiger partial charge in [-0.1, -0.05) is 17.7 Å². The first-order valence-electron chi connectivity index (χ1n) is 13.0. The van der Waals surface area contributed by atoms with Gasteiger partial charge in [0.25, 0.3) is 11.8 Å². The third-order valence-electron chi connectivity index (χ3n) is 6.66. The monoisotopic (exact) mass is 622 g/mol. The zero-order valence-corrected chi connectivity index (χ0v) is 23.5. The molecule has 2 N–H and O–H groups in total. The molecule has 0 saturated heterocycles. The molecule has 43 heavy (non-hydrogen) atoms. The number of pyridine rings is 1. The summed E-state index contributed by atoms with van der Waals surface area (Å²) >= 11 is 6.31. The van der Waals surface area contributed by atoms with Gasteiger partial charge in [-0.05, 0) is 68.0 Å². The molecule has 0 spiro atoms. The molecule has 0 aliphatic heterocycles. The fraction of sp³-hybridized carbons (Fsp3) is 0.333. The minimum absolute atomic E-state index is 0.0207. The number of halogens is 6. The maximum Gasteiger partial charge on any atom is 0.459 e. The SMILES string of the molecule is Cc1cc(C)c(NC(=O)c2cc(Cn3ncc(C(F)(F)C(F)(F)F)n3)nn2-c2ncccc2Cl)c(C(=O)NCC2CC2)c1. The average molecular weight is 623 g/mol. The number of anilines is 1. The Balaban J connectivity index is 1.48. The number of benzene rings is 1. The normalized spacial score (nSPS) is 13.7. The van der Waals surface area contributed by atoms with Crippen molar-refractivity contribution in [3.63, 3.8) is 0 Å². The van der Waals surface area contributed by atoms with Crippen molar-refractivity contribution < 1.29 is 31.5 Å². The number of hydrogen-bond acceptors (Lipinski definition) is 6. The van der Waals surface area contributed by atoms with Gasteiger partial charge in [-0.15, -0.1) is 0 Å². The molecule has 0 unspecified atom stereocenters. The van der Waals surface area contributed by atoms with E-state index in [0.29, 0.717) is 29.0 Å². The maximum absolute atomic E-state index is 13.7. The van der Waals surface area contributed by atoms with E-state index in [0.717, 1.165) is 23.1 Å². The number of carbonyl (C=O) groups excluding carboxylic acids is 2. The van der Waals surface area contributed by atoms with Crippen molar-refractivity contribution in [1.82, 2.24) is 35.1 Å². The molecule has 0 bridgehead atoms. The predicted molar refractivity (Wildman–Crippen MR) is 144 cm³/mol. The van der Waals surface area contributed by atoms with E-state index in [1.54, 1.807) is 25.1 Å².